The van der Waals surface area contributed by atoms with Crippen molar-refractivity contribution in [3.63, 3.8) is 0 Å². The van der Waals surface area contributed by atoms with Gasteiger partial charge in [0.15, 0.2) is 0 Å². The van der Waals surface area contributed by atoms with Gasteiger partial charge in [0.2, 0.25) is 0 Å². The van der Waals surface area contributed by atoms with Crippen molar-refractivity contribution < 1.29 is 0 Å². The molecule has 0 fully saturated rings. The molecule has 0 atom stereocenters. The molecule has 12 heavy (non-hydrogen) atoms. The average Bonchev–Trinajstić information content (AvgIpc) is 2.01. The highest BCUT2D eigenvalue weighted by molar-refractivity contribution is 4.68. The van der Waals surface area contributed by atoms with E-state index in [1.807, 2.05) is 7.05 Å². The smallest absolute Gasteiger partial charge is 0.00517 e. The first-order valence-electron chi connectivity index (χ1n) is 5.27. The monoisotopic (exact) mass is 171 g/mol. The van der Waals surface area contributed by atoms with Crippen molar-refractivity contribution >= 4 is 0 Å². The van der Waals surface area contributed by atoms with Gasteiger partial charge in [-0.05, 0) is 38.3 Å². The van der Waals surface area contributed by atoms with Crippen molar-refractivity contribution in [2.45, 2.75) is 52.9 Å². The highest BCUT2D eigenvalue weighted by atomic mass is 14.8. The zero-order chi connectivity index (χ0) is 9.45. The third kappa shape index (κ3) is 6.66. The Balaban J connectivity index is 3.42. The van der Waals surface area contributed by atoms with E-state index in [9.17, 15) is 0 Å². The van der Waals surface area contributed by atoms with Gasteiger partial charge in [0.25, 0.3) is 0 Å². The quantitative estimate of drug-likeness (QED) is 0.580. The van der Waals surface area contributed by atoms with Gasteiger partial charge in [0.05, 0.1) is 0 Å². The lowest BCUT2D eigenvalue weighted by atomic mass is 9.83. The van der Waals surface area contributed by atoms with Gasteiger partial charge in [-0.3, -0.25) is 0 Å². The molecule has 0 saturated heterocycles. The van der Waals surface area contributed by atoms with E-state index in [4.69, 9.17) is 0 Å². The van der Waals surface area contributed by atoms with Crippen LogP contribution >= 0.6 is 0 Å². The Morgan fingerprint density at radius 3 is 2.17 bits per heavy atom. The van der Waals surface area contributed by atoms with E-state index in [2.05, 4.69) is 26.1 Å². The molecule has 0 bridgehead atoms. The molecule has 0 radical (unpaired) electrons. The summed E-state index contributed by atoms with van der Waals surface area (Å²) < 4.78 is 0. The van der Waals surface area contributed by atoms with Gasteiger partial charge >= 0.3 is 0 Å². The van der Waals surface area contributed by atoms with Crippen molar-refractivity contribution in [3.8, 4) is 0 Å². The van der Waals surface area contributed by atoms with Crippen LogP contribution in [-0.2, 0) is 0 Å². The molecule has 1 nitrogen and oxygen atoms in total. The highest BCUT2D eigenvalue weighted by Gasteiger charge is 2.15. The predicted molar refractivity (Wildman–Crippen MR) is 56.5 cm³/mol. The molecule has 74 valence electrons. The molecule has 1 heteroatoms. The van der Waals surface area contributed by atoms with Crippen LogP contribution in [0.3, 0.4) is 0 Å². The van der Waals surface area contributed by atoms with E-state index in [1.54, 1.807) is 0 Å². The first-order chi connectivity index (χ1) is 5.62. The van der Waals surface area contributed by atoms with Crippen LogP contribution in [0.25, 0.3) is 0 Å². The topological polar surface area (TPSA) is 12.0 Å². The van der Waals surface area contributed by atoms with Gasteiger partial charge in [0.1, 0.15) is 0 Å². The van der Waals surface area contributed by atoms with Gasteiger partial charge in [-0.25, -0.2) is 0 Å². The summed E-state index contributed by atoms with van der Waals surface area (Å²) in [5, 5.41) is 3.20. The summed E-state index contributed by atoms with van der Waals surface area (Å²) in [6.07, 6.45) is 6.76. The van der Waals surface area contributed by atoms with Crippen molar-refractivity contribution in [3.05, 3.63) is 0 Å². The van der Waals surface area contributed by atoms with Crippen LogP contribution in [0.4, 0.5) is 0 Å². The van der Waals surface area contributed by atoms with Crippen LogP contribution < -0.4 is 5.32 Å². The summed E-state index contributed by atoms with van der Waals surface area (Å²) in [6, 6.07) is 0. The van der Waals surface area contributed by atoms with Crippen molar-refractivity contribution in [1.82, 2.24) is 5.32 Å². The molecule has 0 spiro atoms. The largest absolute Gasteiger partial charge is 0.320 e. The van der Waals surface area contributed by atoms with Gasteiger partial charge in [-0.1, -0.05) is 33.6 Å². The fraction of sp³-hybridized carbons (Fsp3) is 1.00. The molecule has 0 amide bonds. The standard InChI is InChI=1S/C11H25N/c1-5-6-8-11(2,3)9-7-10-12-4/h12H,5-10H2,1-4H3. The normalized spacial score (nSPS) is 12.0. The molecule has 0 unspecified atom stereocenters. The molecule has 0 aliphatic rings. The van der Waals surface area contributed by atoms with Gasteiger partial charge < -0.3 is 5.32 Å². The lowest BCUT2D eigenvalue weighted by Gasteiger charge is -2.24. The number of rotatable bonds is 7. The molecule has 0 saturated carbocycles. The van der Waals surface area contributed by atoms with E-state index in [1.165, 1.54) is 32.1 Å². The summed E-state index contributed by atoms with van der Waals surface area (Å²) in [5.74, 6) is 0. The van der Waals surface area contributed by atoms with Crippen LogP contribution in [0.1, 0.15) is 52.9 Å². The number of hydrogen-bond donors (Lipinski definition) is 1. The van der Waals surface area contributed by atoms with Crippen LogP contribution in [0, 0.1) is 5.41 Å². The molecular formula is C11H25N. The summed E-state index contributed by atoms with van der Waals surface area (Å²) in [4.78, 5) is 0. The molecule has 0 aliphatic carbocycles. The van der Waals surface area contributed by atoms with Crippen molar-refractivity contribution in [2.24, 2.45) is 5.41 Å². The maximum Gasteiger partial charge on any atom is -0.00517 e. The second kappa shape index (κ2) is 6.47. The van der Waals surface area contributed by atoms with Gasteiger partial charge in [-0.15, -0.1) is 0 Å². The average molecular weight is 171 g/mol. The number of hydrogen-bond acceptors (Lipinski definition) is 1. The Morgan fingerprint density at radius 2 is 1.67 bits per heavy atom. The maximum absolute atomic E-state index is 3.20. The zero-order valence-corrected chi connectivity index (χ0v) is 9.24. The Kier molecular flexibility index (Phi) is 6.45. The SMILES string of the molecule is CCCCC(C)(C)CCCNC. The third-order valence-corrected chi connectivity index (χ3v) is 2.49. The predicted octanol–water partition coefficient (Wildman–Crippen LogP) is 3.20. The molecule has 0 aromatic rings. The van der Waals surface area contributed by atoms with E-state index >= 15 is 0 Å². The molecular weight excluding hydrogens is 146 g/mol. The Hall–Kier alpha value is -0.0400. The molecule has 0 heterocycles. The summed E-state index contributed by atoms with van der Waals surface area (Å²) in [6.45, 7) is 8.20. The van der Waals surface area contributed by atoms with E-state index in [0.29, 0.717) is 5.41 Å². The molecule has 0 aromatic heterocycles. The van der Waals surface area contributed by atoms with Gasteiger partial charge in [-0.2, -0.15) is 0 Å². The Bertz CT molecular complexity index is 97.2. The van der Waals surface area contributed by atoms with Crippen LogP contribution in [0.2, 0.25) is 0 Å². The molecule has 0 aliphatic heterocycles. The maximum atomic E-state index is 3.20. The van der Waals surface area contributed by atoms with Crippen LogP contribution in [-0.4, -0.2) is 13.6 Å². The lowest BCUT2D eigenvalue weighted by Crippen LogP contribution is -2.15. The van der Waals surface area contributed by atoms with Crippen LogP contribution in [0.5, 0.6) is 0 Å². The first kappa shape index (κ1) is 12.0. The number of unbranched alkanes of at least 4 members (excludes halogenated alkanes) is 1. The third-order valence-electron chi connectivity index (χ3n) is 2.49. The molecule has 0 rings (SSSR count). The Morgan fingerprint density at radius 1 is 1.08 bits per heavy atom. The van der Waals surface area contributed by atoms with Crippen LogP contribution in [0.15, 0.2) is 0 Å². The second-order valence-electron chi connectivity index (χ2n) is 4.47. The molecule has 0 aromatic carbocycles. The summed E-state index contributed by atoms with van der Waals surface area (Å²) in [5.41, 5.74) is 0.562. The summed E-state index contributed by atoms with van der Waals surface area (Å²) in [7, 11) is 2.03. The van der Waals surface area contributed by atoms with Crippen molar-refractivity contribution in [2.75, 3.05) is 13.6 Å². The minimum Gasteiger partial charge on any atom is -0.320 e. The van der Waals surface area contributed by atoms with Gasteiger partial charge in [0, 0.05) is 0 Å². The minimum atomic E-state index is 0.562. The fourth-order valence-electron chi connectivity index (χ4n) is 1.52. The molecule has 1 N–H and O–H groups in total. The highest BCUT2D eigenvalue weighted by Crippen LogP contribution is 2.28. The fourth-order valence-corrected chi connectivity index (χ4v) is 1.52. The number of nitrogens with one attached hydrogen (secondary N) is 1. The zero-order valence-electron chi connectivity index (χ0n) is 9.24. The van der Waals surface area contributed by atoms with E-state index in [-0.39, 0.29) is 0 Å². The second-order valence-corrected chi connectivity index (χ2v) is 4.47. The van der Waals surface area contributed by atoms with E-state index < -0.39 is 0 Å². The van der Waals surface area contributed by atoms with Crippen molar-refractivity contribution in [1.29, 1.82) is 0 Å². The van der Waals surface area contributed by atoms with E-state index in [0.717, 1.165) is 6.54 Å². The first-order valence-corrected chi connectivity index (χ1v) is 5.27. The summed E-state index contributed by atoms with van der Waals surface area (Å²) >= 11 is 0. The minimum absolute atomic E-state index is 0.562. The Labute approximate surface area is 77.9 Å². The lowest BCUT2D eigenvalue weighted by molar-refractivity contribution is 0.289.